The minimum absolute atomic E-state index is 0.558. The van der Waals surface area contributed by atoms with Crippen molar-refractivity contribution < 1.29 is 9.47 Å². The third-order valence-electron chi connectivity index (χ3n) is 4.47. The van der Waals surface area contributed by atoms with Crippen LogP contribution in [0.25, 0.3) is 0 Å². The molecule has 2 atom stereocenters. The predicted octanol–water partition coefficient (Wildman–Crippen LogP) is 4.12. The molecule has 0 bridgehead atoms. The Bertz CT molecular complexity index is 411. The standard InChI is InChI=1S/C18H29NO2/c1-4-10-19-18-9-7-5-6-8-17(18)14-11-15(20-2)13-16(12-14)21-3/h11-13,17-19H,4-10H2,1-3H3. The van der Waals surface area contributed by atoms with Crippen LogP contribution < -0.4 is 14.8 Å². The van der Waals surface area contributed by atoms with Crippen LogP contribution >= 0.6 is 0 Å². The molecular weight excluding hydrogens is 262 g/mol. The van der Waals surface area contributed by atoms with E-state index < -0.39 is 0 Å². The first-order valence-corrected chi connectivity index (χ1v) is 8.24. The molecule has 0 aromatic heterocycles. The molecular formula is C18H29NO2. The fraction of sp³-hybridized carbons (Fsp3) is 0.667. The molecule has 0 aliphatic heterocycles. The molecule has 2 rings (SSSR count). The molecule has 0 heterocycles. The number of hydrogen-bond donors (Lipinski definition) is 1. The Morgan fingerprint density at radius 2 is 1.67 bits per heavy atom. The number of benzene rings is 1. The maximum absolute atomic E-state index is 5.44. The quantitative estimate of drug-likeness (QED) is 0.800. The van der Waals surface area contributed by atoms with Crippen LogP contribution in [0.1, 0.15) is 56.9 Å². The van der Waals surface area contributed by atoms with E-state index in [1.54, 1.807) is 14.2 Å². The molecule has 1 aromatic rings. The van der Waals surface area contributed by atoms with Crippen molar-refractivity contribution >= 4 is 0 Å². The molecule has 0 spiro atoms. The zero-order chi connectivity index (χ0) is 15.1. The van der Waals surface area contributed by atoms with Gasteiger partial charge in [0.1, 0.15) is 11.5 Å². The van der Waals surface area contributed by atoms with Gasteiger partial charge in [-0.3, -0.25) is 0 Å². The summed E-state index contributed by atoms with van der Waals surface area (Å²) in [6, 6.07) is 6.89. The molecule has 1 N–H and O–H groups in total. The smallest absolute Gasteiger partial charge is 0.122 e. The van der Waals surface area contributed by atoms with Crippen molar-refractivity contribution in [3.05, 3.63) is 23.8 Å². The Labute approximate surface area is 129 Å². The second kappa shape index (κ2) is 8.28. The molecule has 2 unspecified atom stereocenters. The summed E-state index contributed by atoms with van der Waals surface area (Å²) in [4.78, 5) is 0. The van der Waals surface area contributed by atoms with Crippen molar-refractivity contribution in [1.82, 2.24) is 5.32 Å². The van der Waals surface area contributed by atoms with Crippen molar-refractivity contribution in [2.45, 2.75) is 57.4 Å². The summed E-state index contributed by atoms with van der Waals surface area (Å²) in [6.07, 6.45) is 7.70. The molecule has 3 heteroatoms. The first kappa shape index (κ1) is 16.2. The molecule has 3 nitrogen and oxygen atoms in total. The third-order valence-corrected chi connectivity index (χ3v) is 4.47. The molecule has 1 saturated carbocycles. The summed E-state index contributed by atoms with van der Waals surface area (Å²) in [7, 11) is 3.44. The molecule has 0 saturated heterocycles. The molecule has 1 aliphatic rings. The summed E-state index contributed by atoms with van der Waals surface area (Å²) in [6.45, 7) is 3.33. The zero-order valence-electron chi connectivity index (χ0n) is 13.7. The molecule has 1 aliphatic carbocycles. The van der Waals surface area contributed by atoms with E-state index in [1.807, 2.05) is 6.07 Å². The average molecular weight is 291 g/mol. The minimum atomic E-state index is 0.558. The van der Waals surface area contributed by atoms with E-state index in [-0.39, 0.29) is 0 Å². The van der Waals surface area contributed by atoms with Crippen molar-refractivity contribution in [1.29, 1.82) is 0 Å². The van der Waals surface area contributed by atoms with Crippen LogP contribution in [0.2, 0.25) is 0 Å². The highest BCUT2D eigenvalue weighted by Crippen LogP contribution is 2.35. The van der Waals surface area contributed by atoms with Crippen LogP contribution in [0.4, 0.5) is 0 Å². The Morgan fingerprint density at radius 1 is 1.00 bits per heavy atom. The number of rotatable bonds is 6. The zero-order valence-corrected chi connectivity index (χ0v) is 13.7. The molecule has 118 valence electrons. The predicted molar refractivity (Wildman–Crippen MR) is 87.5 cm³/mol. The minimum Gasteiger partial charge on any atom is -0.497 e. The van der Waals surface area contributed by atoms with Gasteiger partial charge in [-0.25, -0.2) is 0 Å². The Balaban J connectivity index is 2.25. The van der Waals surface area contributed by atoms with Gasteiger partial charge in [-0.15, -0.1) is 0 Å². The van der Waals surface area contributed by atoms with Crippen molar-refractivity contribution in [3.63, 3.8) is 0 Å². The number of hydrogen-bond acceptors (Lipinski definition) is 3. The van der Waals surface area contributed by atoms with E-state index in [2.05, 4.69) is 24.4 Å². The summed E-state index contributed by atoms with van der Waals surface area (Å²) < 4.78 is 10.9. The van der Waals surface area contributed by atoms with Crippen molar-refractivity contribution in [2.24, 2.45) is 0 Å². The van der Waals surface area contributed by atoms with Crippen molar-refractivity contribution in [3.8, 4) is 11.5 Å². The lowest BCUT2D eigenvalue weighted by Gasteiger charge is -2.27. The maximum atomic E-state index is 5.44. The highest BCUT2D eigenvalue weighted by molar-refractivity contribution is 5.40. The maximum Gasteiger partial charge on any atom is 0.122 e. The average Bonchev–Trinajstić information content (AvgIpc) is 2.77. The van der Waals surface area contributed by atoms with Gasteiger partial charge >= 0.3 is 0 Å². The van der Waals surface area contributed by atoms with Gasteiger partial charge in [0.2, 0.25) is 0 Å². The fourth-order valence-corrected chi connectivity index (χ4v) is 3.32. The monoisotopic (exact) mass is 291 g/mol. The Hall–Kier alpha value is -1.22. The van der Waals surface area contributed by atoms with Crippen LogP contribution in [0.3, 0.4) is 0 Å². The molecule has 1 aromatic carbocycles. The highest BCUT2D eigenvalue weighted by atomic mass is 16.5. The van der Waals surface area contributed by atoms with Gasteiger partial charge in [0.15, 0.2) is 0 Å². The SMILES string of the molecule is CCCNC1CCCCCC1c1cc(OC)cc(OC)c1. The molecule has 0 amide bonds. The van der Waals surface area contributed by atoms with Gasteiger partial charge < -0.3 is 14.8 Å². The lowest BCUT2D eigenvalue weighted by atomic mass is 9.87. The van der Waals surface area contributed by atoms with Crippen LogP contribution in [0, 0.1) is 0 Å². The number of ether oxygens (including phenoxy) is 2. The summed E-state index contributed by atoms with van der Waals surface area (Å²) in [5.41, 5.74) is 1.35. The Morgan fingerprint density at radius 3 is 2.29 bits per heavy atom. The third kappa shape index (κ3) is 4.37. The summed E-state index contributed by atoms with van der Waals surface area (Å²) in [5, 5.41) is 3.75. The second-order valence-corrected chi connectivity index (χ2v) is 5.95. The van der Waals surface area contributed by atoms with E-state index in [0.29, 0.717) is 12.0 Å². The van der Waals surface area contributed by atoms with Gasteiger partial charge in [0, 0.05) is 12.1 Å². The first-order valence-electron chi connectivity index (χ1n) is 8.24. The lowest BCUT2D eigenvalue weighted by Crippen LogP contribution is -2.34. The van der Waals surface area contributed by atoms with Crippen LogP contribution in [0.15, 0.2) is 18.2 Å². The van der Waals surface area contributed by atoms with Crippen LogP contribution in [-0.2, 0) is 0 Å². The molecule has 1 fully saturated rings. The van der Waals surface area contributed by atoms with E-state index in [1.165, 1.54) is 44.1 Å². The van der Waals surface area contributed by atoms with Gasteiger partial charge in [-0.2, -0.15) is 0 Å². The van der Waals surface area contributed by atoms with Gasteiger partial charge in [-0.05, 0) is 49.4 Å². The van der Waals surface area contributed by atoms with E-state index in [9.17, 15) is 0 Å². The number of methoxy groups -OCH3 is 2. The second-order valence-electron chi connectivity index (χ2n) is 5.95. The largest absolute Gasteiger partial charge is 0.497 e. The fourth-order valence-electron chi connectivity index (χ4n) is 3.32. The summed E-state index contributed by atoms with van der Waals surface area (Å²) >= 11 is 0. The van der Waals surface area contributed by atoms with Crippen LogP contribution in [-0.4, -0.2) is 26.8 Å². The topological polar surface area (TPSA) is 30.5 Å². The van der Waals surface area contributed by atoms with Crippen molar-refractivity contribution in [2.75, 3.05) is 20.8 Å². The summed E-state index contributed by atoms with van der Waals surface area (Å²) in [5.74, 6) is 2.34. The van der Waals surface area contributed by atoms with E-state index >= 15 is 0 Å². The Kier molecular flexibility index (Phi) is 6.37. The molecule has 21 heavy (non-hydrogen) atoms. The first-order chi connectivity index (χ1) is 10.3. The van der Waals surface area contributed by atoms with Gasteiger partial charge in [-0.1, -0.05) is 26.2 Å². The van der Waals surface area contributed by atoms with Gasteiger partial charge in [0.05, 0.1) is 14.2 Å². The molecule has 0 radical (unpaired) electrons. The highest BCUT2D eigenvalue weighted by Gasteiger charge is 2.25. The normalized spacial score (nSPS) is 22.6. The van der Waals surface area contributed by atoms with E-state index in [0.717, 1.165) is 18.0 Å². The lowest BCUT2D eigenvalue weighted by molar-refractivity contribution is 0.384. The van der Waals surface area contributed by atoms with Crippen LogP contribution in [0.5, 0.6) is 11.5 Å². The number of nitrogens with one attached hydrogen (secondary N) is 1. The van der Waals surface area contributed by atoms with Gasteiger partial charge in [0.25, 0.3) is 0 Å². The van der Waals surface area contributed by atoms with E-state index in [4.69, 9.17) is 9.47 Å².